The van der Waals surface area contributed by atoms with Crippen LogP contribution in [0.2, 0.25) is 0 Å². The Morgan fingerprint density at radius 2 is 2.23 bits per heavy atom. The molecule has 1 aromatic carbocycles. The van der Waals surface area contributed by atoms with Gasteiger partial charge in [-0.15, -0.1) is 0 Å². The number of benzene rings is 1. The van der Waals surface area contributed by atoms with E-state index in [1.165, 1.54) is 0 Å². The third-order valence-corrected chi connectivity index (χ3v) is 4.85. The Balaban J connectivity index is 1.54. The molecule has 1 N–H and O–H groups in total. The lowest BCUT2D eigenvalue weighted by atomic mass is 10.0. The third-order valence-electron chi connectivity index (χ3n) is 4.85. The number of amides is 1. The molecule has 1 aromatic heterocycles. The van der Waals surface area contributed by atoms with E-state index in [0.29, 0.717) is 12.3 Å². The van der Waals surface area contributed by atoms with E-state index in [1.807, 2.05) is 29.2 Å². The van der Waals surface area contributed by atoms with E-state index in [4.69, 9.17) is 4.98 Å². The van der Waals surface area contributed by atoms with Crippen LogP contribution in [-0.2, 0) is 4.79 Å². The normalized spacial score (nSPS) is 24.5. The number of rotatable bonds is 3. The van der Waals surface area contributed by atoms with Gasteiger partial charge in [0.15, 0.2) is 0 Å². The van der Waals surface area contributed by atoms with Crippen molar-refractivity contribution in [2.45, 2.75) is 38.1 Å². The number of hydrogen-bond donors (Lipinski definition) is 1. The lowest BCUT2D eigenvalue weighted by Gasteiger charge is -2.24. The van der Waals surface area contributed by atoms with Crippen molar-refractivity contribution in [2.24, 2.45) is 5.92 Å². The molecule has 1 amide bonds. The molecule has 1 fully saturated rings. The van der Waals surface area contributed by atoms with Gasteiger partial charge in [0.2, 0.25) is 5.91 Å². The van der Waals surface area contributed by atoms with Crippen LogP contribution in [0.5, 0.6) is 0 Å². The molecule has 2 heterocycles. The van der Waals surface area contributed by atoms with E-state index in [-0.39, 0.29) is 11.9 Å². The average molecular weight is 295 g/mol. The van der Waals surface area contributed by atoms with Crippen LogP contribution in [0, 0.1) is 5.92 Å². The smallest absolute Gasteiger partial charge is 0.223 e. The summed E-state index contributed by atoms with van der Waals surface area (Å²) in [5.41, 5.74) is 2.03. The van der Waals surface area contributed by atoms with Crippen molar-refractivity contribution in [3.05, 3.63) is 42.2 Å². The van der Waals surface area contributed by atoms with Gasteiger partial charge in [-0.1, -0.05) is 24.3 Å². The molecule has 2 aliphatic rings. The predicted octanol–water partition coefficient (Wildman–Crippen LogP) is 3.58. The van der Waals surface area contributed by atoms with E-state index in [9.17, 15) is 4.79 Å². The summed E-state index contributed by atoms with van der Waals surface area (Å²) in [5.74, 6) is 1.65. The molecule has 0 saturated carbocycles. The van der Waals surface area contributed by atoms with Crippen molar-refractivity contribution in [1.29, 1.82) is 0 Å². The summed E-state index contributed by atoms with van der Waals surface area (Å²) in [6, 6.07) is 8.17. The number of imidazole rings is 1. The van der Waals surface area contributed by atoms with Crippen LogP contribution in [-0.4, -0.2) is 27.3 Å². The molecule has 2 atom stereocenters. The Kier molecular flexibility index (Phi) is 3.45. The molecular formula is C18H21N3O. The SMILES string of the molecule is O=C(C[C@@H]1C=CCC1)N1CCC[C@@H]1c1nc2ccccc2[nH]1. The molecule has 4 nitrogen and oxygen atoms in total. The van der Waals surface area contributed by atoms with Crippen molar-refractivity contribution in [3.8, 4) is 0 Å². The fraction of sp³-hybridized carbons (Fsp3) is 0.444. The first kappa shape index (κ1) is 13.6. The maximum atomic E-state index is 12.7. The fourth-order valence-corrected chi connectivity index (χ4v) is 3.69. The Hall–Kier alpha value is -2.10. The first-order valence-corrected chi connectivity index (χ1v) is 8.22. The zero-order chi connectivity index (χ0) is 14.9. The quantitative estimate of drug-likeness (QED) is 0.880. The minimum Gasteiger partial charge on any atom is -0.340 e. The number of para-hydroxylation sites is 2. The number of fused-ring (bicyclic) bond motifs is 1. The lowest BCUT2D eigenvalue weighted by Crippen LogP contribution is -2.32. The van der Waals surface area contributed by atoms with Crippen molar-refractivity contribution < 1.29 is 4.79 Å². The van der Waals surface area contributed by atoms with Crippen LogP contribution in [0.4, 0.5) is 0 Å². The molecule has 114 valence electrons. The molecular weight excluding hydrogens is 274 g/mol. The van der Waals surface area contributed by atoms with Gasteiger partial charge in [-0.05, 0) is 43.7 Å². The van der Waals surface area contributed by atoms with Gasteiger partial charge in [-0.2, -0.15) is 0 Å². The first-order valence-electron chi connectivity index (χ1n) is 8.22. The topological polar surface area (TPSA) is 49.0 Å². The number of carbonyl (C=O) groups is 1. The van der Waals surface area contributed by atoms with Gasteiger partial charge < -0.3 is 9.88 Å². The highest BCUT2D eigenvalue weighted by atomic mass is 16.2. The predicted molar refractivity (Wildman–Crippen MR) is 86.3 cm³/mol. The zero-order valence-electron chi connectivity index (χ0n) is 12.7. The molecule has 1 aliphatic carbocycles. The summed E-state index contributed by atoms with van der Waals surface area (Å²) in [6.45, 7) is 0.858. The number of nitrogens with one attached hydrogen (secondary N) is 1. The Labute approximate surface area is 130 Å². The second kappa shape index (κ2) is 5.59. The molecule has 0 radical (unpaired) electrons. The maximum Gasteiger partial charge on any atom is 0.223 e. The van der Waals surface area contributed by atoms with Gasteiger partial charge in [-0.25, -0.2) is 4.98 Å². The van der Waals surface area contributed by atoms with E-state index in [0.717, 1.165) is 49.1 Å². The summed E-state index contributed by atoms with van der Waals surface area (Å²) in [5, 5.41) is 0. The van der Waals surface area contributed by atoms with Crippen LogP contribution in [0.25, 0.3) is 11.0 Å². The maximum absolute atomic E-state index is 12.7. The van der Waals surface area contributed by atoms with Gasteiger partial charge in [-0.3, -0.25) is 4.79 Å². The summed E-state index contributed by atoms with van der Waals surface area (Å²) < 4.78 is 0. The summed E-state index contributed by atoms with van der Waals surface area (Å²) in [6.07, 6.45) is 9.34. The van der Waals surface area contributed by atoms with Crippen molar-refractivity contribution in [1.82, 2.24) is 14.9 Å². The highest BCUT2D eigenvalue weighted by molar-refractivity contribution is 5.78. The lowest BCUT2D eigenvalue weighted by molar-refractivity contribution is -0.132. The molecule has 0 unspecified atom stereocenters. The van der Waals surface area contributed by atoms with Gasteiger partial charge in [0, 0.05) is 13.0 Å². The van der Waals surface area contributed by atoms with E-state index < -0.39 is 0 Å². The molecule has 1 aliphatic heterocycles. The zero-order valence-corrected chi connectivity index (χ0v) is 12.7. The standard InChI is InChI=1S/C18H21N3O/c22-17(12-13-6-1-2-7-13)21-11-5-10-16(21)18-19-14-8-3-4-9-15(14)20-18/h1,3-4,6,8-9,13,16H,2,5,7,10-12H2,(H,19,20)/t13-,16-/m1/s1. The van der Waals surface area contributed by atoms with Gasteiger partial charge in [0.1, 0.15) is 5.82 Å². The molecule has 4 rings (SSSR count). The Bertz CT molecular complexity index is 685. The number of likely N-dealkylation sites (tertiary alicyclic amines) is 1. The minimum atomic E-state index is 0.116. The van der Waals surface area contributed by atoms with Crippen LogP contribution in [0.3, 0.4) is 0 Å². The second-order valence-electron chi connectivity index (χ2n) is 6.35. The van der Waals surface area contributed by atoms with Crippen molar-refractivity contribution in [2.75, 3.05) is 6.54 Å². The van der Waals surface area contributed by atoms with Gasteiger partial charge >= 0.3 is 0 Å². The highest BCUT2D eigenvalue weighted by Crippen LogP contribution is 2.33. The number of carbonyl (C=O) groups excluding carboxylic acids is 1. The number of aromatic amines is 1. The van der Waals surface area contributed by atoms with Crippen LogP contribution < -0.4 is 0 Å². The minimum absolute atomic E-state index is 0.116. The number of hydrogen-bond acceptors (Lipinski definition) is 2. The number of nitrogens with zero attached hydrogens (tertiary/aromatic N) is 2. The summed E-state index contributed by atoms with van der Waals surface area (Å²) in [7, 11) is 0. The Morgan fingerprint density at radius 3 is 3.05 bits per heavy atom. The number of aromatic nitrogens is 2. The van der Waals surface area contributed by atoms with Crippen LogP contribution >= 0.6 is 0 Å². The van der Waals surface area contributed by atoms with Crippen molar-refractivity contribution >= 4 is 16.9 Å². The largest absolute Gasteiger partial charge is 0.340 e. The summed E-state index contributed by atoms with van der Waals surface area (Å²) in [4.78, 5) is 22.8. The van der Waals surface area contributed by atoms with E-state index >= 15 is 0 Å². The number of allylic oxidation sites excluding steroid dienone is 2. The highest BCUT2D eigenvalue weighted by Gasteiger charge is 2.32. The Morgan fingerprint density at radius 1 is 1.32 bits per heavy atom. The van der Waals surface area contributed by atoms with Gasteiger partial charge in [0.25, 0.3) is 0 Å². The summed E-state index contributed by atoms with van der Waals surface area (Å²) >= 11 is 0. The molecule has 2 aromatic rings. The van der Waals surface area contributed by atoms with E-state index in [1.54, 1.807) is 0 Å². The molecule has 1 saturated heterocycles. The van der Waals surface area contributed by atoms with Crippen molar-refractivity contribution in [3.63, 3.8) is 0 Å². The molecule has 0 bridgehead atoms. The van der Waals surface area contributed by atoms with Crippen LogP contribution in [0.1, 0.15) is 44.0 Å². The second-order valence-corrected chi connectivity index (χ2v) is 6.35. The first-order chi connectivity index (χ1) is 10.8. The average Bonchev–Trinajstić information content (AvgIpc) is 3.26. The van der Waals surface area contributed by atoms with Gasteiger partial charge in [0.05, 0.1) is 17.1 Å². The monoisotopic (exact) mass is 295 g/mol. The molecule has 0 spiro atoms. The number of H-pyrrole nitrogens is 1. The molecule has 22 heavy (non-hydrogen) atoms. The van der Waals surface area contributed by atoms with E-state index in [2.05, 4.69) is 17.1 Å². The van der Waals surface area contributed by atoms with Crippen LogP contribution in [0.15, 0.2) is 36.4 Å². The fourth-order valence-electron chi connectivity index (χ4n) is 3.69. The third kappa shape index (κ3) is 2.43. The molecule has 4 heteroatoms.